The number of halogens is 1. The van der Waals surface area contributed by atoms with E-state index in [1.54, 1.807) is 0 Å². The summed E-state index contributed by atoms with van der Waals surface area (Å²) in [6.45, 7) is 6.10. The number of carboxylic acids is 1. The summed E-state index contributed by atoms with van der Waals surface area (Å²) in [5.74, 6) is 0.114. The monoisotopic (exact) mass is 305 g/mol. The summed E-state index contributed by atoms with van der Waals surface area (Å²) in [5, 5.41) is 9.12. The summed E-state index contributed by atoms with van der Waals surface area (Å²) < 4.78 is 5.71. The summed E-state index contributed by atoms with van der Waals surface area (Å²) >= 11 is 5.83. The normalized spacial score (nSPS) is 10.7. The molecule has 0 aliphatic rings. The molecule has 0 unspecified atom stereocenters. The standard InChI is InChI=1S/C16H16ClNO3/c1-9(2)11-5-4-10(3)13(6-11)21-15-8-12(16(19)20)7-14(17)18-15/h4-9H,1-3H3,(H,19,20). The van der Waals surface area contributed by atoms with Crippen LogP contribution in [0.2, 0.25) is 5.15 Å². The quantitative estimate of drug-likeness (QED) is 0.835. The molecule has 2 aromatic rings. The molecule has 1 heterocycles. The number of aromatic carboxylic acids is 1. The van der Waals surface area contributed by atoms with E-state index in [0.717, 1.165) is 11.1 Å². The Bertz CT molecular complexity index is 683. The summed E-state index contributed by atoms with van der Waals surface area (Å²) in [6.07, 6.45) is 0. The Kier molecular flexibility index (Phi) is 4.48. The largest absolute Gasteiger partial charge is 0.478 e. The van der Waals surface area contributed by atoms with Gasteiger partial charge in [-0.05, 0) is 36.1 Å². The third kappa shape index (κ3) is 3.73. The van der Waals surface area contributed by atoms with Gasteiger partial charge >= 0.3 is 5.97 Å². The maximum absolute atomic E-state index is 11.0. The molecule has 0 atom stereocenters. The van der Waals surface area contributed by atoms with Crippen LogP contribution in [0.25, 0.3) is 0 Å². The van der Waals surface area contributed by atoms with Gasteiger partial charge in [-0.1, -0.05) is 37.6 Å². The van der Waals surface area contributed by atoms with Crippen LogP contribution >= 0.6 is 11.6 Å². The smallest absolute Gasteiger partial charge is 0.335 e. The molecule has 1 aromatic carbocycles. The van der Waals surface area contributed by atoms with Crippen molar-refractivity contribution in [3.63, 3.8) is 0 Å². The van der Waals surface area contributed by atoms with Gasteiger partial charge in [0.05, 0.1) is 5.56 Å². The number of carbonyl (C=O) groups is 1. The number of hydrogen-bond donors (Lipinski definition) is 1. The first-order chi connectivity index (χ1) is 9.86. The fourth-order valence-corrected chi connectivity index (χ4v) is 2.05. The number of ether oxygens (including phenoxy) is 1. The molecule has 21 heavy (non-hydrogen) atoms. The van der Waals surface area contributed by atoms with Gasteiger partial charge in [0.1, 0.15) is 10.9 Å². The molecule has 0 aliphatic carbocycles. The van der Waals surface area contributed by atoms with Gasteiger partial charge in [0.15, 0.2) is 0 Å². The molecular formula is C16H16ClNO3. The topological polar surface area (TPSA) is 59.4 Å². The van der Waals surface area contributed by atoms with Crippen LogP contribution in [-0.2, 0) is 0 Å². The highest BCUT2D eigenvalue weighted by Gasteiger charge is 2.11. The Balaban J connectivity index is 2.38. The molecule has 0 radical (unpaired) electrons. The SMILES string of the molecule is Cc1ccc(C(C)C)cc1Oc1cc(C(=O)O)cc(Cl)n1. The Hall–Kier alpha value is -2.07. The molecule has 0 amide bonds. The van der Waals surface area contributed by atoms with E-state index in [1.165, 1.54) is 12.1 Å². The maximum atomic E-state index is 11.0. The molecule has 0 saturated carbocycles. The number of pyridine rings is 1. The highest BCUT2D eigenvalue weighted by atomic mass is 35.5. The van der Waals surface area contributed by atoms with E-state index in [2.05, 4.69) is 18.8 Å². The second-order valence-corrected chi connectivity index (χ2v) is 5.49. The predicted octanol–water partition coefficient (Wildman–Crippen LogP) is 4.66. The minimum absolute atomic E-state index is 0.0441. The lowest BCUT2D eigenvalue weighted by atomic mass is 10.0. The zero-order chi connectivity index (χ0) is 15.6. The number of carboxylic acid groups (broad SMARTS) is 1. The van der Waals surface area contributed by atoms with E-state index in [9.17, 15) is 4.79 Å². The minimum Gasteiger partial charge on any atom is -0.478 e. The number of rotatable bonds is 4. The van der Waals surface area contributed by atoms with Crippen LogP contribution in [0.4, 0.5) is 0 Å². The van der Waals surface area contributed by atoms with Crippen molar-refractivity contribution in [3.8, 4) is 11.6 Å². The number of aromatic nitrogens is 1. The summed E-state index contributed by atoms with van der Waals surface area (Å²) in [5.41, 5.74) is 2.12. The molecule has 1 aromatic heterocycles. The van der Waals surface area contributed by atoms with Crippen LogP contribution in [-0.4, -0.2) is 16.1 Å². The van der Waals surface area contributed by atoms with Crippen molar-refractivity contribution >= 4 is 17.6 Å². The maximum Gasteiger partial charge on any atom is 0.335 e. The minimum atomic E-state index is -1.07. The lowest BCUT2D eigenvalue weighted by Gasteiger charge is -2.12. The van der Waals surface area contributed by atoms with Crippen LogP contribution in [0.1, 0.15) is 41.3 Å². The van der Waals surface area contributed by atoms with Gasteiger partial charge in [-0.25, -0.2) is 9.78 Å². The highest BCUT2D eigenvalue weighted by Crippen LogP contribution is 2.29. The molecule has 0 spiro atoms. The van der Waals surface area contributed by atoms with Crippen molar-refractivity contribution in [3.05, 3.63) is 52.2 Å². The summed E-state index contributed by atoms with van der Waals surface area (Å²) in [7, 11) is 0. The molecule has 4 nitrogen and oxygen atoms in total. The van der Waals surface area contributed by atoms with E-state index >= 15 is 0 Å². The average Bonchev–Trinajstić information content (AvgIpc) is 2.40. The molecule has 0 fully saturated rings. The van der Waals surface area contributed by atoms with Gasteiger partial charge in [-0.15, -0.1) is 0 Å². The van der Waals surface area contributed by atoms with Crippen molar-refractivity contribution in [1.82, 2.24) is 4.98 Å². The Morgan fingerprint density at radius 3 is 2.62 bits per heavy atom. The van der Waals surface area contributed by atoms with E-state index in [-0.39, 0.29) is 16.6 Å². The van der Waals surface area contributed by atoms with Crippen molar-refractivity contribution in [2.75, 3.05) is 0 Å². The van der Waals surface area contributed by atoms with Crippen LogP contribution in [0.15, 0.2) is 30.3 Å². The van der Waals surface area contributed by atoms with Crippen molar-refractivity contribution < 1.29 is 14.6 Å². The van der Waals surface area contributed by atoms with E-state index in [0.29, 0.717) is 11.7 Å². The van der Waals surface area contributed by atoms with Crippen LogP contribution in [0, 0.1) is 6.92 Å². The third-order valence-electron chi connectivity index (χ3n) is 3.11. The van der Waals surface area contributed by atoms with Gasteiger partial charge in [-0.2, -0.15) is 0 Å². The first-order valence-electron chi connectivity index (χ1n) is 6.56. The third-order valence-corrected chi connectivity index (χ3v) is 3.30. The molecule has 5 heteroatoms. The molecule has 1 N–H and O–H groups in total. The number of aryl methyl sites for hydroxylation is 1. The van der Waals surface area contributed by atoms with E-state index < -0.39 is 5.97 Å². The van der Waals surface area contributed by atoms with E-state index in [4.69, 9.17) is 21.4 Å². The molecule has 0 bridgehead atoms. The lowest BCUT2D eigenvalue weighted by molar-refractivity contribution is 0.0696. The number of nitrogens with zero attached hydrogens (tertiary/aromatic N) is 1. The first kappa shape index (κ1) is 15.3. The van der Waals surface area contributed by atoms with Gasteiger partial charge < -0.3 is 9.84 Å². The van der Waals surface area contributed by atoms with Crippen LogP contribution in [0.3, 0.4) is 0 Å². The molecule has 110 valence electrons. The van der Waals surface area contributed by atoms with Crippen molar-refractivity contribution in [2.24, 2.45) is 0 Å². The average molecular weight is 306 g/mol. The summed E-state index contributed by atoms with van der Waals surface area (Å²) in [4.78, 5) is 15.0. The molecule has 0 aliphatic heterocycles. The zero-order valence-electron chi connectivity index (χ0n) is 12.1. The number of benzene rings is 1. The van der Waals surface area contributed by atoms with Gasteiger partial charge in [0, 0.05) is 6.07 Å². The Morgan fingerprint density at radius 1 is 1.29 bits per heavy atom. The lowest BCUT2D eigenvalue weighted by Crippen LogP contribution is -1.99. The zero-order valence-corrected chi connectivity index (χ0v) is 12.8. The van der Waals surface area contributed by atoms with Crippen LogP contribution in [0.5, 0.6) is 11.6 Å². The Morgan fingerprint density at radius 2 is 2.00 bits per heavy atom. The molecule has 2 rings (SSSR count). The van der Waals surface area contributed by atoms with Gasteiger partial charge in [-0.3, -0.25) is 0 Å². The second kappa shape index (κ2) is 6.14. The second-order valence-electron chi connectivity index (χ2n) is 5.10. The van der Waals surface area contributed by atoms with Crippen LogP contribution < -0.4 is 4.74 Å². The van der Waals surface area contributed by atoms with Gasteiger partial charge in [0.2, 0.25) is 5.88 Å². The number of hydrogen-bond acceptors (Lipinski definition) is 3. The fraction of sp³-hybridized carbons (Fsp3) is 0.250. The molecular weight excluding hydrogens is 290 g/mol. The van der Waals surface area contributed by atoms with Crippen molar-refractivity contribution in [1.29, 1.82) is 0 Å². The summed E-state index contributed by atoms with van der Waals surface area (Å²) in [6, 6.07) is 8.58. The Labute approximate surface area is 128 Å². The highest BCUT2D eigenvalue weighted by molar-refractivity contribution is 6.29. The predicted molar refractivity (Wildman–Crippen MR) is 81.5 cm³/mol. The van der Waals surface area contributed by atoms with E-state index in [1.807, 2.05) is 25.1 Å². The fourth-order valence-electron chi connectivity index (χ4n) is 1.85. The van der Waals surface area contributed by atoms with Gasteiger partial charge in [0.25, 0.3) is 0 Å². The first-order valence-corrected chi connectivity index (χ1v) is 6.94. The molecule has 0 saturated heterocycles. The van der Waals surface area contributed by atoms with Crippen molar-refractivity contribution in [2.45, 2.75) is 26.7 Å².